The van der Waals surface area contributed by atoms with Crippen molar-refractivity contribution >= 4 is 24.0 Å². The molecule has 2 rings (SSSR count). The number of hydrogen-bond donors (Lipinski definition) is 1. The Morgan fingerprint density at radius 2 is 1.97 bits per heavy atom. The largest absolute Gasteiger partial charge is 0.481 e. The Morgan fingerprint density at radius 3 is 2.58 bits per heavy atom. The van der Waals surface area contributed by atoms with Crippen LogP contribution in [0.4, 0.5) is 0 Å². The van der Waals surface area contributed by atoms with Gasteiger partial charge in [-0.15, -0.1) is 0 Å². The van der Waals surface area contributed by atoms with Crippen molar-refractivity contribution in [3.05, 3.63) is 48.1 Å². The van der Waals surface area contributed by atoms with Gasteiger partial charge in [-0.1, -0.05) is 58.9 Å². The molecule has 0 amide bonds. The summed E-state index contributed by atoms with van der Waals surface area (Å²) in [5.74, 6) is -2.19. The van der Waals surface area contributed by atoms with E-state index in [1.165, 1.54) is 12.2 Å². The lowest BCUT2D eigenvalue weighted by Gasteiger charge is -2.50. The fourth-order valence-electron chi connectivity index (χ4n) is 5.21. The molecule has 180 valence electrons. The molecule has 2 aliphatic rings. The molecule has 3 unspecified atom stereocenters. The van der Waals surface area contributed by atoms with Crippen molar-refractivity contribution in [1.82, 2.24) is 0 Å². The van der Waals surface area contributed by atoms with E-state index in [0.717, 1.165) is 12.8 Å². The van der Waals surface area contributed by atoms with E-state index in [2.05, 4.69) is 27.4 Å². The summed E-state index contributed by atoms with van der Waals surface area (Å²) in [5, 5.41) is 9.85. The van der Waals surface area contributed by atoms with Crippen LogP contribution in [0.2, 0.25) is 0 Å². The Morgan fingerprint density at radius 1 is 1.27 bits per heavy atom. The molecule has 0 aliphatic heterocycles. The number of allylic oxidation sites excluding steroid dienone is 5. The number of hydrogen-bond acceptors (Lipinski definition) is 5. The van der Waals surface area contributed by atoms with E-state index in [1.54, 1.807) is 13.0 Å². The van der Waals surface area contributed by atoms with Gasteiger partial charge in [0.05, 0.1) is 5.92 Å². The summed E-state index contributed by atoms with van der Waals surface area (Å²) in [4.78, 5) is 48.4. The molecule has 1 saturated carbocycles. The van der Waals surface area contributed by atoms with Crippen molar-refractivity contribution in [2.45, 2.75) is 65.9 Å². The standard InChI is InChI=1S/C27H36O6/c1-6-17(2)13-18(3)9-7-8-10-25(30)33-24-12-11-21(26(31)32)27(5)22(19(4)16-28)14-20(29)15-23(24)27/h7-10,15-18,21-22,24H,4,6,11-14H2,1-3,5H3,(H,31,32)/b9-7+,10-8+/t17?,18?,21-,22?,24-,27+/m0/s1. The van der Waals surface area contributed by atoms with Crippen molar-refractivity contribution in [2.24, 2.45) is 29.1 Å². The number of carboxylic acids is 1. The lowest BCUT2D eigenvalue weighted by Crippen LogP contribution is -2.51. The van der Waals surface area contributed by atoms with Crippen molar-refractivity contribution in [2.75, 3.05) is 0 Å². The van der Waals surface area contributed by atoms with Gasteiger partial charge in [0.1, 0.15) is 12.4 Å². The van der Waals surface area contributed by atoms with Gasteiger partial charge in [0.15, 0.2) is 5.78 Å². The molecular weight excluding hydrogens is 420 g/mol. The van der Waals surface area contributed by atoms with Crippen LogP contribution < -0.4 is 0 Å². The molecule has 1 fully saturated rings. The summed E-state index contributed by atoms with van der Waals surface area (Å²) >= 11 is 0. The summed E-state index contributed by atoms with van der Waals surface area (Å²) < 4.78 is 5.66. The van der Waals surface area contributed by atoms with Gasteiger partial charge in [0.2, 0.25) is 0 Å². The Labute approximate surface area is 196 Å². The Hall–Kier alpha value is -2.76. The monoisotopic (exact) mass is 456 g/mol. The molecule has 0 spiro atoms. The van der Waals surface area contributed by atoms with Crippen LogP contribution in [0, 0.1) is 29.1 Å². The fourth-order valence-corrected chi connectivity index (χ4v) is 5.21. The Kier molecular flexibility index (Phi) is 9.15. The van der Waals surface area contributed by atoms with Gasteiger partial charge in [-0.25, -0.2) is 4.79 Å². The number of carbonyl (C=O) groups excluding carboxylic acids is 3. The average molecular weight is 457 g/mol. The van der Waals surface area contributed by atoms with Crippen molar-refractivity contribution in [1.29, 1.82) is 0 Å². The zero-order valence-corrected chi connectivity index (χ0v) is 20.1. The van der Waals surface area contributed by atoms with Crippen LogP contribution in [0.15, 0.2) is 48.1 Å². The molecule has 2 aliphatic carbocycles. The van der Waals surface area contributed by atoms with Gasteiger partial charge in [0, 0.05) is 23.8 Å². The fraction of sp³-hybridized carbons (Fsp3) is 0.556. The topological polar surface area (TPSA) is 97.7 Å². The summed E-state index contributed by atoms with van der Waals surface area (Å²) in [6.45, 7) is 12.0. The van der Waals surface area contributed by atoms with E-state index in [9.17, 15) is 24.3 Å². The van der Waals surface area contributed by atoms with Crippen LogP contribution in [-0.2, 0) is 23.9 Å². The zero-order valence-electron chi connectivity index (χ0n) is 20.1. The summed E-state index contributed by atoms with van der Waals surface area (Å²) in [7, 11) is 0. The van der Waals surface area contributed by atoms with Crippen molar-refractivity contribution in [3.8, 4) is 0 Å². The lowest BCUT2D eigenvalue weighted by atomic mass is 9.53. The first-order valence-electron chi connectivity index (χ1n) is 11.7. The van der Waals surface area contributed by atoms with Gasteiger partial charge < -0.3 is 9.84 Å². The molecule has 0 aromatic rings. The molecular formula is C27H36O6. The van der Waals surface area contributed by atoms with E-state index >= 15 is 0 Å². The molecule has 0 heterocycles. The third-order valence-electron chi connectivity index (χ3n) is 7.27. The summed E-state index contributed by atoms with van der Waals surface area (Å²) in [6.07, 6.45) is 10.9. The van der Waals surface area contributed by atoms with Crippen LogP contribution in [0.3, 0.4) is 0 Å². The first-order chi connectivity index (χ1) is 15.5. The van der Waals surface area contributed by atoms with E-state index in [0.29, 0.717) is 30.1 Å². The number of esters is 1. The maximum absolute atomic E-state index is 12.5. The first-order valence-corrected chi connectivity index (χ1v) is 11.7. The molecule has 0 aromatic carbocycles. The number of ether oxygens (including phenoxy) is 1. The van der Waals surface area contributed by atoms with Gasteiger partial charge in [-0.3, -0.25) is 14.4 Å². The molecule has 6 nitrogen and oxygen atoms in total. The number of fused-ring (bicyclic) bond motifs is 1. The SMILES string of the molecule is C=C(C=O)C1CC(=O)C=C2[C@@H](OC(=O)/C=C/C=C/C(C)CC(C)CC)CC[C@@H](C(=O)O)[C@@]21C. The third-order valence-corrected chi connectivity index (χ3v) is 7.27. The minimum absolute atomic E-state index is 0.0154. The summed E-state index contributed by atoms with van der Waals surface area (Å²) in [6, 6.07) is 0. The Bertz CT molecular complexity index is 879. The number of aliphatic carboxylic acids is 1. The maximum atomic E-state index is 12.5. The highest BCUT2D eigenvalue weighted by Crippen LogP contribution is 2.55. The van der Waals surface area contributed by atoms with Gasteiger partial charge in [-0.2, -0.15) is 0 Å². The van der Waals surface area contributed by atoms with E-state index in [-0.39, 0.29) is 24.2 Å². The highest BCUT2D eigenvalue weighted by atomic mass is 16.5. The number of ketones is 1. The van der Waals surface area contributed by atoms with Gasteiger partial charge in [0.25, 0.3) is 0 Å². The molecule has 33 heavy (non-hydrogen) atoms. The van der Waals surface area contributed by atoms with E-state index in [4.69, 9.17) is 4.74 Å². The van der Waals surface area contributed by atoms with Crippen LogP contribution in [0.1, 0.15) is 59.8 Å². The van der Waals surface area contributed by atoms with Crippen LogP contribution in [-0.4, -0.2) is 35.2 Å². The second kappa shape index (κ2) is 11.4. The molecule has 0 bridgehead atoms. The van der Waals surface area contributed by atoms with Crippen molar-refractivity contribution < 1.29 is 29.0 Å². The number of rotatable bonds is 10. The minimum atomic E-state index is -1.03. The second-order valence-electron chi connectivity index (χ2n) is 9.66. The highest BCUT2D eigenvalue weighted by molar-refractivity contribution is 5.94. The number of carbonyl (C=O) groups is 4. The quantitative estimate of drug-likeness (QED) is 0.218. The normalized spacial score (nSPS) is 29.3. The van der Waals surface area contributed by atoms with Gasteiger partial charge >= 0.3 is 11.9 Å². The Balaban J connectivity index is 2.19. The molecule has 0 saturated heterocycles. The number of carboxylic acid groups (broad SMARTS) is 1. The summed E-state index contributed by atoms with van der Waals surface area (Å²) in [5.41, 5.74) is -0.383. The third kappa shape index (κ3) is 6.18. The average Bonchev–Trinajstić information content (AvgIpc) is 2.76. The second-order valence-corrected chi connectivity index (χ2v) is 9.66. The first kappa shape index (κ1) is 26.5. The molecule has 6 atom stereocenters. The lowest BCUT2D eigenvalue weighted by molar-refractivity contribution is -0.153. The molecule has 1 N–H and O–H groups in total. The number of aldehydes is 1. The molecule has 0 aromatic heterocycles. The van der Waals surface area contributed by atoms with E-state index in [1.807, 2.05) is 12.2 Å². The van der Waals surface area contributed by atoms with Crippen LogP contribution in [0.5, 0.6) is 0 Å². The molecule has 6 heteroatoms. The smallest absolute Gasteiger partial charge is 0.331 e. The molecule has 0 radical (unpaired) electrons. The van der Waals surface area contributed by atoms with Crippen LogP contribution >= 0.6 is 0 Å². The zero-order chi connectivity index (χ0) is 24.8. The maximum Gasteiger partial charge on any atom is 0.331 e. The van der Waals surface area contributed by atoms with Crippen LogP contribution in [0.25, 0.3) is 0 Å². The minimum Gasteiger partial charge on any atom is -0.481 e. The van der Waals surface area contributed by atoms with Crippen molar-refractivity contribution in [3.63, 3.8) is 0 Å². The predicted octanol–water partition coefficient (Wildman–Crippen LogP) is 4.85. The van der Waals surface area contributed by atoms with Gasteiger partial charge in [-0.05, 0) is 48.3 Å². The van der Waals surface area contributed by atoms with E-state index < -0.39 is 35.3 Å². The predicted molar refractivity (Wildman–Crippen MR) is 126 cm³/mol. The highest BCUT2D eigenvalue weighted by Gasteiger charge is 2.55.